The van der Waals surface area contributed by atoms with Crippen molar-refractivity contribution in [3.8, 4) is 0 Å². The predicted octanol–water partition coefficient (Wildman–Crippen LogP) is 6.45. The second-order valence-electron chi connectivity index (χ2n) is 6.59. The zero-order chi connectivity index (χ0) is 20.7. The minimum Gasteiger partial charge on any atom is -0.368 e. The molecule has 0 aliphatic heterocycles. The summed E-state index contributed by atoms with van der Waals surface area (Å²) in [5.74, 6) is -0.0275. The van der Waals surface area contributed by atoms with Crippen molar-refractivity contribution < 1.29 is 9.53 Å². The number of unbranched alkanes of at least 4 members (excludes halogenated alkanes) is 2. The van der Waals surface area contributed by atoms with Gasteiger partial charge in [0.05, 0.1) is 0 Å². The van der Waals surface area contributed by atoms with Crippen molar-refractivity contribution in [1.82, 2.24) is 5.32 Å². The van der Waals surface area contributed by atoms with Crippen LogP contribution in [0.25, 0.3) is 0 Å². The third-order valence-corrected chi connectivity index (χ3v) is 4.15. The minimum absolute atomic E-state index is 0.0275. The molecule has 28 heavy (non-hydrogen) atoms. The molecule has 0 saturated carbocycles. The summed E-state index contributed by atoms with van der Waals surface area (Å²) in [6.45, 7) is 4.77. The van der Waals surface area contributed by atoms with Gasteiger partial charge in [0.15, 0.2) is 0 Å². The van der Waals surface area contributed by atoms with Gasteiger partial charge in [0.25, 0.3) is 0 Å². The largest absolute Gasteiger partial charge is 0.368 e. The molecule has 0 spiro atoms. The predicted molar refractivity (Wildman–Crippen MR) is 122 cm³/mol. The molecule has 3 heteroatoms. The Morgan fingerprint density at radius 3 is 1.75 bits per heavy atom. The lowest BCUT2D eigenvalue weighted by Crippen LogP contribution is -2.33. The SMILES string of the molecule is CC/C=C\C/C=C\C/C=C\C/C=C\C/C=C\CCCCOC(CC)C(=O)NC. The molecular formula is C25H41NO2. The molecule has 1 unspecified atom stereocenters. The Bertz CT molecular complexity index is 501. The number of hydrogen-bond acceptors (Lipinski definition) is 2. The molecule has 0 aliphatic rings. The molecule has 0 saturated heterocycles. The highest BCUT2D eigenvalue weighted by atomic mass is 16.5. The molecule has 0 bridgehead atoms. The van der Waals surface area contributed by atoms with Crippen molar-refractivity contribution in [3.05, 3.63) is 60.8 Å². The molecule has 0 fully saturated rings. The summed E-state index contributed by atoms with van der Waals surface area (Å²) in [6.07, 6.45) is 30.9. The fourth-order valence-corrected chi connectivity index (χ4v) is 2.50. The van der Waals surface area contributed by atoms with Gasteiger partial charge >= 0.3 is 0 Å². The van der Waals surface area contributed by atoms with Crippen LogP contribution in [0.3, 0.4) is 0 Å². The average molecular weight is 388 g/mol. The maximum atomic E-state index is 11.5. The van der Waals surface area contributed by atoms with E-state index in [0.29, 0.717) is 13.0 Å². The highest BCUT2D eigenvalue weighted by Crippen LogP contribution is 2.03. The molecule has 0 aliphatic carbocycles. The Labute approximate surface area is 173 Å². The van der Waals surface area contributed by atoms with Gasteiger partial charge in [-0.15, -0.1) is 0 Å². The van der Waals surface area contributed by atoms with Gasteiger partial charge in [0, 0.05) is 13.7 Å². The maximum absolute atomic E-state index is 11.5. The van der Waals surface area contributed by atoms with Crippen molar-refractivity contribution in [3.63, 3.8) is 0 Å². The van der Waals surface area contributed by atoms with E-state index in [2.05, 4.69) is 73.0 Å². The number of rotatable bonds is 17. The quantitative estimate of drug-likeness (QED) is 0.230. The summed E-state index contributed by atoms with van der Waals surface area (Å²) >= 11 is 0. The first-order valence-electron chi connectivity index (χ1n) is 10.8. The van der Waals surface area contributed by atoms with Crippen molar-refractivity contribution in [1.29, 1.82) is 0 Å². The van der Waals surface area contributed by atoms with Crippen LogP contribution in [0.4, 0.5) is 0 Å². The molecule has 0 aromatic heterocycles. The van der Waals surface area contributed by atoms with Crippen molar-refractivity contribution in [2.45, 2.75) is 77.7 Å². The number of nitrogens with one attached hydrogen (secondary N) is 1. The van der Waals surface area contributed by atoms with Gasteiger partial charge in [0.2, 0.25) is 5.91 Å². The van der Waals surface area contributed by atoms with Crippen LogP contribution in [0, 0.1) is 0 Å². The normalized spacial score (nSPS) is 13.7. The van der Waals surface area contributed by atoms with Crippen LogP contribution in [-0.4, -0.2) is 25.7 Å². The fourth-order valence-electron chi connectivity index (χ4n) is 2.50. The second kappa shape index (κ2) is 21.4. The maximum Gasteiger partial charge on any atom is 0.248 e. The monoisotopic (exact) mass is 387 g/mol. The van der Waals surface area contributed by atoms with E-state index in [-0.39, 0.29) is 12.0 Å². The molecule has 3 nitrogen and oxygen atoms in total. The van der Waals surface area contributed by atoms with E-state index in [1.807, 2.05) is 6.92 Å². The topological polar surface area (TPSA) is 38.3 Å². The fraction of sp³-hybridized carbons (Fsp3) is 0.560. The lowest BCUT2D eigenvalue weighted by molar-refractivity contribution is -0.132. The van der Waals surface area contributed by atoms with Gasteiger partial charge in [-0.2, -0.15) is 0 Å². The first kappa shape index (κ1) is 26.1. The highest BCUT2D eigenvalue weighted by Gasteiger charge is 2.14. The van der Waals surface area contributed by atoms with E-state index in [0.717, 1.165) is 51.4 Å². The van der Waals surface area contributed by atoms with Gasteiger partial charge in [-0.05, 0) is 57.8 Å². The smallest absolute Gasteiger partial charge is 0.248 e. The lowest BCUT2D eigenvalue weighted by atomic mass is 10.2. The highest BCUT2D eigenvalue weighted by molar-refractivity contribution is 5.80. The van der Waals surface area contributed by atoms with E-state index in [1.165, 1.54) is 0 Å². The van der Waals surface area contributed by atoms with Crippen LogP contribution in [0.1, 0.15) is 71.6 Å². The number of allylic oxidation sites excluding steroid dienone is 10. The summed E-state index contributed by atoms with van der Waals surface area (Å²) in [5.41, 5.74) is 0. The van der Waals surface area contributed by atoms with Crippen LogP contribution in [0.5, 0.6) is 0 Å². The molecule has 1 amide bonds. The van der Waals surface area contributed by atoms with E-state index < -0.39 is 0 Å². The number of carbonyl (C=O) groups is 1. The van der Waals surface area contributed by atoms with Gasteiger partial charge in [-0.25, -0.2) is 0 Å². The lowest BCUT2D eigenvalue weighted by Gasteiger charge is -2.13. The number of ether oxygens (including phenoxy) is 1. The summed E-state index contributed by atoms with van der Waals surface area (Å²) < 4.78 is 5.61. The van der Waals surface area contributed by atoms with E-state index in [4.69, 9.17) is 4.74 Å². The Balaban J connectivity index is 3.55. The third kappa shape index (κ3) is 17.5. The van der Waals surface area contributed by atoms with Crippen molar-refractivity contribution in [2.75, 3.05) is 13.7 Å². The Morgan fingerprint density at radius 1 is 0.786 bits per heavy atom. The minimum atomic E-state index is -0.307. The Morgan fingerprint density at radius 2 is 1.29 bits per heavy atom. The average Bonchev–Trinajstić information content (AvgIpc) is 2.72. The second-order valence-corrected chi connectivity index (χ2v) is 6.59. The van der Waals surface area contributed by atoms with Crippen molar-refractivity contribution >= 4 is 5.91 Å². The molecule has 158 valence electrons. The summed E-state index contributed by atoms with van der Waals surface area (Å²) in [7, 11) is 1.65. The summed E-state index contributed by atoms with van der Waals surface area (Å²) in [5, 5.41) is 2.64. The molecule has 1 atom stereocenters. The van der Waals surface area contributed by atoms with Crippen LogP contribution < -0.4 is 5.32 Å². The third-order valence-electron chi connectivity index (χ3n) is 4.15. The molecule has 0 rings (SSSR count). The van der Waals surface area contributed by atoms with E-state index in [1.54, 1.807) is 7.05 Å². The Hall–Kier alpha value is -1.87. The van der Waals surface area contributed by atoms with E-state index >= 15 is 0 Å². The molecular weight excluding hydrogens is 346 g/mol. The number of carbonyl (C=O) groups excluding carboxylic acids is 1. The standard InChI is InChI=1S/C25H41NO2/c1-4-6-7-8-9-10-11-12-13-14-15-16-17-18-19-20-21-22-23-28-24(5-2)25(27)26-3/h6-7,9-10,12-13,15-16,18-19,24H,4-5,8,11,14,17,20-23H2,1-3H3,(H,26,27)/b7-6-,10-9-,13-12-,16-15-,19-18-. The number of likely N-dealkylation sites (N-methyl/N-ethyl adjacent to an activating group) is 1. The molecule has 0 radical (unpaired) electrons. The van der Waals surface area contributed by atoms with Crippen LogP contribution in [0.2, 0.25) is 0 Å². The van der Waals surface area contributed by atoms with Crippen LogP contribution >= 0.6 is 0 Å². The number of amides is 1. The molecule has 0 aromatic carbocycles. The zero-order valence-electron chi connectivity index (χ0n) is 18.2. The molecule has 0 aromatic rings. The van der Waals surface area contributed by atoms with Gasteiger partial charge < -0.3 is 10.1 Å². The first-order valence-corrected chi connectivity index (χ1v) is 10.8. The van der Waals surface area contributed by atoms with Gasteiger partial charge in [0.1, 0.15) is 6.10 Å². The zero-order valence-corrected chi connectivity index (χ0v) is 18.2. The summed E-state index contributed by atoms with van der Waals surface area (Å²) in [4.78, 5) is 11.5. The first-order chi connectivity index (χ1) is 13.8. The Kier molecular flexibility index (Phi) is 20.0. The molecule has 0 heterocycles. The van der Waals surface area contributed by atoms with E-state index in [9.17, 15) is 4.79 Å². The van der Waals surface area contributed by atoms with Crippen LogP contribution in [0.15, 0.2) is 60.8 Å². The van der Waals surface area contributed by atoms with Crippen molar-refractivity contribution in [2.24, 2.45) is 0 Å². The van der Waals surface area contributed by atoms with Gasteiger partial charge in [-0.1, -0.05) is 74.6 Å². The van der Waals surface area contributed by atoms with Crippen LogP contribution in [-0.2, 0) is 9.53 Å². The van der Waals surface area contributed by atoms with Gasteiger partial charge in [-0.3, -0.25) is 4.79 Å². The number of hydrogen-bond donors (Lipinski definition) is 1. The summed E-state index contributed by atoms with van der Waals surface area (Å²) in [6, 6.07) is 0. The molecule has 1 N–H and O–H groups in total.